The number of rotatable bonds is 6. The summed E-state index contributed by atoms with van der Waals surface area (Å²) in [4.78, 5) is 10.2. The molecule has 0 amide bonds. The van der Waals surface area contributed by atoms with E-state index in [0.717, 1.165) is 17.0 Å². The molecule has 0 radical (unpaired) electrons. The summed E-state index contributed by atoms with van der Waals surface area (Å²) in [5, 5.41) is 13.8. The van der Waals surface area contributed by atoms with Gasteiger partial charge in [-0.25, -0.2) is 0 Å². The Kier molecular flexibility index (Phi) is 4.77. The molecule has 2 rings (SSSR count). The van der Waals surface area contributed by atoms with E-state index in [9.17, 15) is 10.1 Å². The van der Waals surface area contributed by atoms with Crippen LogP contribution < -0.4 is 10.1 Å². The van der Waals surface area contributed by atoms with Crippen molar-refractivity contribution in [2.24, 2.45) is 0 Å². The van der Waals surface area contributed by atoms with Crippen molar-refractivity contribution in [3.8, 4) is 5.75 Å². The quantitative estimate of drug-likeness (QED) is 0.644. The maximum absolute atomic E-state index is 10.6. The topological polar surface area (TPSA) is 64.4 Å². The molecule has 5 heteroatoms. The first-order valence-corrected chi connectivity index (χ1v) is 6.78. The largest absolute Gasteiger partial charge is 0.491 e. The van der Waals surface area contributed by atoms with Crippen LogP contribution in [0.5, 0.6) is 5.75 Å². The highest BCUT2D eigenvalue weighted by atomic mass is 16.6. The SMILES string of the molecule is CC(C)Oc1ccc(NCc2ccc([N+](=O)[O-])cc2)cc1. The summed E-state index contributed by atoms with van der Waals surface area (Å²) < 4.78 is 5.58. The second kappa shape index (κ2) is 6.74. The van der Waals surface area contributed by atoms with Gasteiger partial charge in [-0.2, -0.15) is 0 Å². The molecule has 2 aromatic rings. The van der Waals surface area contributed by atoms with Gasteiger partial charge in [-0.3, -0.25) is 10.1 Å². The summed E-state index contributed by atoms with van der Waals surface area (Å²) in [6.07, 6.45) is 0.156. The van der Waals surface area contributed by atoms with Crippen molar-refractivity contribution in [3.05, 3.63) is 64.2 Å². The Morgan fingerprint density at radius 2 is 1.71 bits per heavy atom. The van der Waals surface area contributed by atoms with Crippen LogP contribution in [0.15, 0.2) is 48.5 Å². The predicted octanol–water partition coefficient (Wildman–Crippen LogP) is 3.99. The van der Waals surface area contributed by atoms with Crippen molar-refractivity contribution in [2.75, 3.05) is 5.32 Å². The van der Waals surface area contributed by atoms with E-state index in [1.807, 2.05) is 38.1 Å². The number of nitro benzene ring substituents is 1. The standard InChI is InChI=1S/C16H18N2O3/c1-12(2)21-16-9-5-14(6-10-16)17-11-13-3-7-15(8-4-13)18(19)20/h3-10,12,17H,11H2,1-2H3. The number of nitrogens with one attached hydrogen (secondary N) is 1. The molecule has 0 aliphatic heterocycles. The van der Waals surface area contributed by atoms with Crippen molar-refractivity contribution >= 4 is 11.4 Å². The third kappa shape index (κ3) is 4.49. The lowest BCUT2D eigenvalue weighted by atomic mass is 10.2. The summed E-state index contributed by atoms with van der Waals surface area (Å²) in [7, 11) is 0. The summed E-state index contributed by atoms with van der Waals surface area (Å²) in [5.41, 5.74) is 2.07. The van der Waals surface area contributed by atoms with Crippen LogP contribution in [-0.2, 0) is 6.54 Å². The predicted molar refractivity (Wildman–Crippen MR) is 82.6 cm³/mol. The zero-order valence-corrected chi connectivity index (χ0v) is 12.1. The molecular formula is C16H18N2O3. The molecule has 0 saturated heterocycles. The molecule has 0 heterocycles. The number of hydrogen-bond acceptors (Lipinski definition) is 4. The number of hydrogen-bond donors (Lipinski definition) is 1. The van der Waals surface area contributed by atoms with E-state index in [-0.39, 0.29) is 11.8 Å². The van der Waals surface area contributed by atoms with Crippen LogP contribution in [0.4, 0.5) is 11.4 Å². The van der Waals surface area contributed by atoms with Gasteiger partial charge in [-0.05, 0) is 43.7 Å². The fourth-order valence-corrected chi connectivity index (χ4v) is 1.86. The fraction of sp³-hybridized carbons (Fsp3) is 0.250. The third-order valence-corrected chi connectivity index (χ3v) is 2.87. The molecular weight excluding hydrogens is 268 g/mol. The van der Waals surface area contributed by atoms with Gasteiger partial charge in [-0.15, -0.1) is 0 Å². The van der Waals surface area contributed by atoms with Gasteiger partial charge in [0.2, 0.25) is 0 Å². The van der Waals surface area contributed by atoms with Crippen molar-refractivity contribution in [1.29, 1.82) is 0 Å². The summed E-state index contributed by atoms with van der Waals surface area (Å²) in [5.74, 6) is 0.839. The van der Waals surface area contributed by atoms with Gasteiger partial charge < -0.3 is 10.1 Å². The molecule has 0 saturated carbocycles. The number of nitro groups is 1. The molecule has 0 aliphatic rings. The highest BCUT2D eigenvalue weighted by molar-refractivity contribution is 5.47. The second-order valence-corrected chi connectivity index (χ2v) is 4.97. The molecule has 5 nitrogen and oxygen atoms in total. The zero-order valence-electron chi connectivity index (χ0n) is 12.1. The number of ether oxygens (including phenoxy) is 1. The molecule has 0 fully saturated rings. The third-order valence-electron chi connectivity index (χ3n) is 2.87. The molecule has 1 N–H and O–H groups in total. The molecule has 0 aliphatic carbocycles. The Hall–Kier alpha value is -2.56. The Morgan fingerprint density at radius 1 is 1.10 bits per heavy atom. The van der Waals surface area contributed by atoms with E-state index in [2.05, 4.69) is 5.32 Å². The van der Waals surface area contributed by atoms with Crippen LogP contribution in [0, 0.1) is 10.1 Å². The van der Waals surface area contributed by atoms with Crippen LogP contribution in [-0.4, -0.2) is 11.0 Å². The van der Waals surface area contributed by atoms with Gasteiger partial charge in [0.1, 0.15) is 5.75 Å². The molecule has 0 spiro atoms. The summed E-state index contributed by atoms with van der Waals surface area (Å²) in [6.45, 7) is 4.59. The van der Waals surface area contributed by atoms with Gasteiger partial charge >= 0.3 is 0 Å². The first-order valence-electron chi connectivity index (χ1n) is 6.78. The van der Waals surface area contributed by atoms with Crippen LogP contribution in [0.25, 0.3) is 0 Å². The van der Waals surface area contributed by atoms with Gasteiger partial charge in [0, 0.05) is 24.4 Å². The second-order valence-electron chi connectivity index (χ2n) is 4.97. The molecule has 0 aromatic heterocycles. The Balaban J connectivity index is 1.91. The van der Waals surface area contributed by atoms with E-state index < -0.39 is 4.92 Å². The van der Waals surface area contributed by atoms with E-state index in [0.29, 0.717) is 6.54 Å². The first-order chi connectivity index (χ1) is 10.0. The van der Waals surface area contributed by atoms with Crippen molar-refractivity contribution in [2.45, 2.75) is 26.5 Å². The highest BCUT2D eigenvalue weighted by Crippen LogP contribution is 2.18. The minimum atomic E-state index is -0.398. The minimum Gasteiger partial charge on any atom is -0.491 e. The molecule has 0 atom stereocenters. The maximum Gasteiger partial charge on any atom is 0.269 e. The molecule has 110 valence electrons. The lowest BCUT2D eigenvalue weighted by Crippen LogP contribution is -2.05. The summed E-state index contributed by atoms with van der Waals surface area (Å²) in [6, 6.07) is 14.2. The summed E-state index contributed by atoms with van der Waals surface area (Å²) >= 11 is 0. The van der Waals surface area contributed by atoms with Crippen molar-refractivity contribution in [1.82, 2.24) is 0 Å². The normalized spacial score (nSPS) is 10.4. The number of benzene rings is 2. The molecule has 2 aromatic carbocycles. The van der Waals surface area contributed by atoms with Crippen molar-refractivity contribution < 1.29 is 9.66 Å². The number of anilines is 1. The smallest absolute Gasteiger partial charge is 0.269 e. The maximum atomic E-state index is 10.6. The Bertz CT molecular complexity index is 592. The van der Waals surface area contributed by atoms with E-state index >= 15 is 0 Å². The molecule has 21 heavy (non-hydrogen) atoms. The molecule has 0 bridgehead atoms. The number of non-ortho nitro benzene ring substituents is 1. The lowest BCUT2D eigenvalue weighted by Gasteiger charge is -2.11. The van der Waals surface area contributed by atoms with E-state index in [1.165, 1.54) is 12.1 Å². The average Bonchev–Trinajstić information content (AvgIpc) is 2.46. The number of nitrogens with zero attached hydrogens (tertiary/aromatic N) is 1. The van der Waals surface area contributed by atoms with Gasteiger partial charge in [0.15, 0.2) is 0 Å². The average molecular weight is 286 g/mol. The van der Waals surface area contributed by atoms with Crippen LogP contribution in [0.1, 0.15) is 19.4 Å². The van der Waals surface area contributed by atoms with Crippen LogP contribution >= 0.6 is 0 Å². The monoisotopic (exact) mass is 286 g/mol. The first kappa shape index (κ1) is 14.8. The van der Waals surface area contributed by atoms with Gasteiger partial charge in [0.05, 0.1) is 11.0 Å². The highest BCUT2D eigenvalue weighted by Gasteiger charge is 2.04. The zero-order chi connectivity index (χ0) is 15.2. The Morgan fingerprint density at radius 3 is 2.24 bits per heavy atom. The minimum absolute atomic E-state index is 0.105. The van der Waals surface area contributed by atoms with Crippen molar-refractivity contribution in [3.63, 3.8) is 0 Å². The van der Waals surface area contributed by atoms with Gasteiger partial charge in [0.25, 0.3) is 5.69 Å². The lowest BCUT2D eigenvalue weighted by molar-refractivity contribution is -0.384. The van der Waals surface area contributed by atoms with E-state index in [1.54, 1.807) is 12.1 Å². The fourth-order valence-electron chi connectivity index (χ4n) is 1.86. The van der Waals surface area contributed by atoms with Crippen LogP contribution in [0.2, 0.25) is 0 Å². The van der Waals surface area contributed by atoms with E-state index in [4.69, 9.17) is 4.74 Å². The van der Waals surface area contributed by atoms with Gasteiger partial charge in [-0.1, -0.05) is 12.1 Å². The van der Waals surface area contributed by atoms with Crippen LogP contribution in [0.3, 0.4) is 0 Å². The molecule has 0 unspecified atom stereocenters. The Labute approximate surface area is 123 Å².